The van der Waals surface area contributed by atoms with Crippen LogP contribution in [-0.4, -0.2) is 156 Å². The number of benzene rings is 2. The molecule has 2 aromatic carbocycles. The number of hydrogen-bond donors (Lipinski definition) is 16. The van der Waals surface area contributed by atoms with Crippen LogP contribution in [0.1, 0.15) is 52.0 Å². The second kappa shape index (κ2) is 30.1. The van der Waals surface area contributed by atoms with E-state index in [-0.39, 0.29) is 62.9 Å². The summed E-state index contributed by atoms with van der Waals surface area (Å²) >= 11 is 0. The minimum absolute atomic E-state index is 0.00284. The maximum absolute atomic E-state index is 14.0. The van der Waals surface area contributed by atoms with Crippen molar-refractivity contribution < 1.29 is 53.6 Å². The summed E-state index contributed by atoms with van der Waals surface area (Å²) in [5, 5.41) is 53.8. The van der Waals surface area contributed by atoms with E-state index in [1.807, 2.05) is 19.9 Å². The average molecular weight is 997 g/mol. The van der Waals surface area contributed by atoms with Crippen LogP contribution < -0.4 is 75.9 Å². The topological polar surface area (TPSA) is 428 Å². The second-order valence-electron chi connectivity index (χ2n) is 17.2. The number of nitrogens with one attached hydrogen (secondary N) is 8. The summed E-state index contributed by atoms with van der Waals surface area (Å²) in [5.74, 6) is -5.73. The Balaban J connectivity index is 2.05. The lowest BCUT2D eigenvalue weighted by atomic mass is 10.0. The van der Waals surface area contributed by atoms with Gasteiger partial charge in [0.1, 0.15) is 47.5 Å². The smallest absolute Gasteiger partial charge is 0.268 e. The Labute approximate surface area is 412 Å². The van der Waals surface area contributed by atoms with Crippen LogP contribution in [0.4, 0.5) is 0 Å². The Bertz CT molecular complexity index is 2130. The first-order chi connectivity index (χ1) is 33.8. The predicted octanol–water partition coefficient (Wildman–Crippen LogP) is -5.00. The van der Waals surface area contributed by atoms with E-state index in [0.717, 1.165) is 0 Å². The zero-order valence-electron chi connectivity index (χ0n) is 40.3. The number of aliphatic imine (C=N–C) groups is 1. The van der Waals surface area contributed by atoms with Gasteiger partial charge in [0.05, 0.1) is 24.7 Å². The third-order valence-corrected chi connectivity index (χ3v) is 11.0. The number of nitrogens with zero attached hydrogens (tertiary/aromatic N) is 1. The van der Waals surface area contributed by atoms with Gasteiger partial charge in [-0.25, -0.2) is 0 Å². The molecule has 0 spiro atoms. The standard InChI is InChI=1S/C46H72N14O11/c1-4-30-40(65)57-32(16-17-47)42(67)55-27(19-25(2)3)23-53-31(11-8-18-52-46(50)51)41(66)59-38(34(62)22-49)45(70)60-37(33(61)21-48)43(68)54-24-35(63)39(44(69)56-30)58-36(64)20-26-12-14-29(15-13-26)71-28-9-6-5-7-10-28/h4-7,9-10,12-15,25,27,31-35,37-39,53,61-63H,8,11,16-24,47-49H2,1-3H3,(H,54,68)(H,55,67)(H,56,69)(H,57,65)(H,58,64)(H,59,66)(H,60,70)(H4,50,51,52)/b30-4-/t27-,31-,32-,33?,34?,35?,37?,38?,39?/m0/s1. The maximum Gasteiger partial charge on any atom is 0.268 e. The van der Waals surface area contributed by atoms with Gasteiger partial charge in [-0.15, -0.1) is 0 Å². The molecule has 71 heavy (non-hydrogen) atoms. The normalized spacial score (nSPS) is 24.0. The Morgan fingerprint density at radius 2 is 1.39 bits per heavy atom. The van der Waals surface area contributed by atoms with Gasteiger partial charge in [0.15, 0.2) is 5.96 Å². The molecule has 3 rings (SSSR count). The second-order valence-corrected chi connectivity index (χ2v) is 17.2. The Hall–Kier alpha value is -6.74. The van der Waals surface area contributed by atoms with Crippen molar-refractivity contribution in [3.63, 3.8) is 0 Å². The number of carbonyl (C=O) groups excluding carboxylic acids is 7. The zero-order valence-corrected chi connectivity index (χ0v) is 40.3. The van der Waals surface area contributed by atoms with Crippen molar-refractivity contribution in [2.24, 2.45) is 39.6 Å². The molecule has 1 aliphatic heterocycles. The molecule has 9 atom stereocenters. The van der Waals surface area contributed by atoms with Crippen LogP contribution in [0.15, 0.2) is 71.4 Å². The Kier molecular flexibility index (Phi) is 24.8. The monoisotopic (exact) mass is 997 g/mol. The van der Waals surface area contributed by atoms with Gasteiger partial charge in [-0.3, -0.25) is 38.6 Å². The highest BCUT2D eigenvalue weighted by Crippen LogP contribution is 2.21. The van der Waals surface area contributed by atoms with Crippen molar-refractivity contribution in [2.75, 3.05) is 39.3 Å². The summed E-state index contributed by atoms with van der Waals surface area (Å²) in [6, 6.07) is 6.85. The first-order valence-electron chi connectivity index (χ1n) is 23.3. The van der Waals surface area contributed by atoms with Crippen molar-refractivity contribution in [1.82, 2.24) is 42.5 Å². The van der Waals surface area contributed by atoms with E-state index < -0.39 is 116 Å². The molecule has 1 saturated heterocycles. The number of rotatable bonds is 17. The quantitative estimate of drug-likeness (QED) is 0.0305. The molecule has 392 valence electrons. The number of para-hydroxylation sites is 1. The van der Waals surface area contributed by atoms with Crippen LogP contribution in [0.5, 0.6) is 11.5 Å². The zero-order chi connectivity index (χ0) is 52.6. The first kappa shape index (κ1) is 58.6. The lowest BCUT2D eigenvalue weighted by Crippen LogP contribution is -2.64. The number of allylic oxidation sites excluding steroid dienone is 1. The minimum atomic E-state index is -1.95. The molecule has 0 aliphatic carbocycles. The van der Waals surface area contributed by atoms with Crippen LogP contribution >= 0.6 is 0 Å². The summed E-state index contributed by atoms with van der Waals surface area (Å²) in [6.07, 6.45) is -3.92. The molecular formula is C46H72N14O11. The predicted molar refractivity (Wildman–Crippen MR) is 262 cm³/mol. The van der Waals surface area contributed by atoms with Gasteiger partial charge in [0.2, 0.25) is 35.4 Å². The highest BCUT2D eigenvalue weighted by Gasteiger charge is 2.37. The van der Waals surface area contributed by atoms with Gasteiger partial charge >= 0.3 is 0 Å². The summed E-state index contributed by atoms with van der Waals surface area (Å²) in [7, 11) is 0. The average Bonchev–Trinajstić information content (AvgIpc) is 3.33. The molecular weight excluding hydrogens is 925 g/mol. The number of ether oxygens (including phenoxy) is 1. The molecule has 25 heteroatoms. The summed E-state index contributed by atoms with van der Waals surface area (Å²) in [4.78, 5) is 101. The number of amides is 7. The molecule has 0 saturated carbocycles. The number of nitrogens with two attached hydrogens (primary N) is 5. The van der Waals surface area contributed by atoms with E-state index >= 15 is 0 Å². The van der Waals surface area contributed by atoms with Gasteiger partial charge in [0, 0.05) is 38.8 Å². The molecule has 1 fully saturated rings. The Morgan fingerprint density at radius 3 is 1.99 bits per heavy atom. The van der Waals surface area contributed by atoms with E-state index in [2.05, 4.69) is 47.5 Å². The van der Waals surface area contributed by atoms with E-state index in [9.17, 15) is 48.9 Å². The molecule has 25 nitrogen and oxygen atoms in total. The number of hydrogen-bond acceptors (Lipinski definition) is 16. The molecule has 0 bridgehead atoms. The van der Waals surface area contributed by atoms with Crippen molar-refractivity contribution >= 4 is 47.3 Å². The van der Waals surface area contributed by atoms with Crippen molar-refractivity contribution in [2.45, 2.75) is 107 Å². The fourth-order valence-electron chi connectivity index (χ4n) is 7.24. The lowest BCUT2D eigenvalue weighted by molar-refractivity contribution is -0.137. The number of aliphatic hydroxyl groups is 3. The summed E-state index contributed by atoms with van der Waals surface area (Å²) < 4.78 is 5.82. The molecule has 21 N–H and O–H groups in total. The van der Waals surface area contributed by atoms with E-state index in [1.54, 1.807) is 48.5 Å². The largest absolute Gasteiger partial charge is 0.457 e. The fraction of sp³-hybridized carbons (Fsp3) is 0.522. The first-order valence-corrected chi connectivity index (χ1v) is 23.3. The molecule has 1 aliphatic rings. The van der Waals surface area contributed by atoms with Crippen LogP contribution in [0.3, 0.4) is 0 Å². The number of guanidine groups is 1. The summed E-state index contributed by atoms with van der Waals surface area (Å²) in [5.41, 5.74) is 28.4. The van der Waals surface area contributed by atoms with E-state index in [4.69, 9.17) is 33.4 Å². The number of carbonyl (C=O) groups is 7. The van der Waals surface area contributed by atoms with Gasteiger partial charge in [-0.2, -0.15) is 0 Å². The van der Waals surface area contributed by atoms with Crippen LogP contribution in [0.25, 0.3) is 0 Å². The SMILES string of the molecule is C/C=C1\NC(=O)C(NC(=O)Cc2ccc(Oc3ccccc3)cc2)C(O)CNC(=O)C(C(O)CN)NC(=O)C(C(O)CN)NC(=O)[C@H](CCCN=C(N)N)NC[C@H](CC(C)C)NC(=O)[C@H](CCN)NC1=O. The minimum Gasteiger partial charge on any atom is -0.457 e. The van der Waals surface area contributed by atoms with Gasteiger partial charge in [-0.1, -0.05) is 50.3 Å². The van der Waals surface area contributed by atoms with Crippen LogP contribution in [-0.2, 0) is 40.0 Å². The highest BCUT2D eigenvalue weighted by molar-refractivity contribution is 6.01. The Morgan fingerprint density at radius 1 is 0.789 bits per heavy atom. The number of β-amino-alcohol motifs (C(OH)–C–C–N with tert-alkyl or cyclic N) is 1. The van der Waals surface area contributed by atoms with Crippen LogP contribution in [0.2, 0.25) is 0 Å². The van der Waals surface area contributed by atoms with Gasteiger partial charge in [0.25, 0.3) is 5.91 Å². The number of aliphatic hydroxyl groups excluding tert-OH is 3. The van der Waals surface area contributed by atoms with Gasteiger partial charge in [-0.05, 0) is 74.9 Å². The fourth-order valence-corrected chi connectivity index (χ4v) is 7.24. The molecule has 6 unspecified atom stereocenters. The molecule has 0 aromatic heterocycles. The third kappa shape index (κ3) is 19.9. The maximum atomic E-state index is 14.0. The molecule has 7 amide bonds. The molecule has 1 heterocycles. The van der Waals surface area contributed by atoms with Crippen molar-refractivity contribution in [3.8, 4) is 11.5 Å². The molecule has 0 radical (unpaired) electrons. The summed E-state index contributed by atoms with van der Waals surface area (Å²) in [6.45, 7) is 3.29. The molecule has 2 aromatic rings. The van der Waals surface area contributed by atoms with Crippen LogP contribution in [0, 0.1) is 5.92 Å². The van der Waals surface area contributed by atoms with Gasteiger partial charge < -0.3 is 91.3 Å². The van der Waals surface area contributed by atoms with Crippen molar-refractivity contribution in [3.05, 3.63) is 71.9 Å². The van der Waals surface area contributed by atoms with Crippen molar-refractivity contribution in [1.29, 1.82) is 0 Å². The van der Waals surface area contributed by atoms with E-state index in [0.29, 0.717) is 23.5 Å². The third-order valence-electron chi connectivity index (χ3n) is 11.0. The highest BCUT2D eigenvalue weighted by atomic mass is 16.5. The van der Waals surface area contributed by atoms with E-state index in [1.165, 1.54) is 13.0 Å². The lowest BCUT2D eigenvalue weighted by Gasteiger charge is -2.30.